The van der Waals surface area contributed by atoms with Gasteiger partial charge < -0.3 is 10.1 Å². The third kappa shape index (κ3) is 4.22. The molecule has 0 aromatic heterocycles. The number of nitrogens with one attached hydrogen (secondary N) is 1. The Morgan fingerprint density at radius 3 is 2.67 bits per heavy atom. The Morgan fingerprint density at radius 1 is 1.57 bits per heavy atom. The van der Waals surface area contributed by atoms with Gasteiger partial charge in [-0.2, -0.15) is 0 Å². The zero-order valence-electron chi connectivity index (χ0n) is 11.7. The predicted molar refractivity (Wildman–Crippen MR) is 76.4 cm³/mol. The fraction of sp³-hybridized carbons (Fsp3) is 0.417. The number of rotatable bonds is 6. The number of halogens is 1. The van der Waals surface area contributed by atoms with Crippen molar-refractivity contribution in [2.75, 3.05) is 25.2 Å². The molecular formula is C12H15FN2O5S. The summed E-state index contributed by atoms with van der Waals surface area (Å²) in [7, 11) is -0.0375. The van der Waals surface area contributed by atoms with Crippen molar-refractivity contribution < 1.29 is 23.1 Å². The first-order valence-corrected chi connectivity index (χ1v) is 7.52. The Bertz CT molecular complexity index is 593. The molecule has 0 aliphatic rings. The molecule has 0 fully saturated rings. The van der Waals surface area contributed by atoms with Crippen molar-refractivity contribution >= 4 is 28.1 Å². The first kappa shape index (κ1) is 17.0. The van der Waals surface area contributed by atoms with Gasteiger partial charge in [-0.05, 0) is 13.0 Å². The Hall–Kier alpha value is -2.03. The number of nitrogens with zero attached hydrogens (tertiary/aromatic N) is 1. The van der Waals surface area contributed by atoms with Crippen molar-refractivity contribution in [3.8, 4) is 0 Å². The Kier molecular flexibility index (Phi) is 5.77. The van der Waals surface area contributed by atoms with E-state index in [0.717, 1.165) is 13.2 Å². The van der Waals surface area contributed by atoms with Crippen LogP contribution in [0, 0.1) is 15.9 Å². The number of carbonyl (C=O) groups excluding carboxylic acids is 1. The number of ether oxygens (including phenoxy) is 1. The van der Waals surface area contributed by atoms with Crippen molar-refractivity contribution in [2.45, 2.75) is 12.2 Å². The van der Waals surface area contributed by atoms with Gasteiger partial charge in [-0.15, -0.1) is 0 Å². The van der Waals surface area contributed by atoms with Gasteiger partial charge in [0, 0.05) is 28.9 Å². The molecular weight excluding hydrogens is 303 g/mol. The van der Waals surface area contributed by atoms with Gasteiger partial charge >= 0.3 is 5.97 Å². The number of anilines is 1. The number of benzene rings is 1. The first-order chi connectivity index (χ1) is 9.77. The van der Waals surface area contributed by atoms with E-state index in [1.165, 1.54) is 6.26 Å². The zero-order chi connectivity index (χ0) is 16.2. The van der Waals surface area contributed by atoms with Gasteiger partial charge in [-0.25, -0.2) is 9.18 Å². The normalized spacial score (nSPS) is 13.3. The van der Waals surface area contributed by atoms with E-state index in [0.29, 0.717) is 6.07 Å². The van der Waals surface area contributed by atoms with Crippen LogP contribution in [0.4, 0.5) is 15.8 Å². The van der Waals surface area contributed by atoms with Crippen LogP contribution in [-0.2, 0) is 15.5 Å². The first-order valence-electron chi connectivity index (χ1n) is 5.90. The van der Waals surface area contributed by atoms with Crippen LogP contribution >= 0.6 is 0 Å². The predicted octanol–water partition coefficient (Wildman–Crippen LogP) is 1.70. The lowest BCUT2D eigenvalue weighted by molar-refractivity contribution is -0.384. The Labute approximate surface area is 123 Å². The molecule has 0 saturated carbocycles. The summed E-state index contributed by atoms with van der Waals surface area (Å²) in [5, 5.41) is 13.4. The fourth-order valence-corrected chi connectivity index (χ4v) is 1.81. The molecule has 0 bridgehead atoms. The van der Waals surface area contributed by atoms with E-state index in [4.69, 9.17) is 0 Å². The number of nitro groups is 1. The molecule has 0 saturated heterocycles. The van der Waals surface area contributed by atoms with Crippen molar-refractivity contribution in [3.63, 3.8) is 0 Å². The summed E-state index contributed by atoms with van der Waals surface area (Å²) in [4.78, 5) is 21.6. The van der Waals surface area contributed by atoms with Crippen molar-refractivity contribution in [1.82, 2.24) is 0 Å². The molecule has 0 heterocycles. The van der Waals surface area contributed by atoms with E-state index in [1.54, 1.807) is 6.92 Å². The van der Waals surface area contributed by atoms with E-state index in [2.05, 4.69) is 10.1 Å². The standard InChI is InChI=1S/C12H15FN2O5S/c1-7(21(3)19)6-14-10-4-8(12(16)20-2)9(13)5-11(10)15(17)18/h4-5,7,14H,6H2,1-3H3. The summed E-state index contributed by atoms with van der Waals surface area (Å²) in [5.41, 5.74) is -0.941. The quantitative estimate of drug-likeness (QED) is 0.487. The summed E-state index contributed by atoms with van der Waals surface area (Å²) in [6, 6.07) is 1.67. The maximum absolute atomic E-state index is 13.7. The van der Waals surface area contributed by atoms with E-state index in [9.17, 15) is 23.5 Å². The van der Waals surface area contributed by atoms with Gasteiger partial charge in [-0.3, -0.25) is 14.3 Å². The largest absolute Gasteiger partial charge is 0.465 e. The highest BCUT2D eigenvalue weighted by molar-refractivity contribution is 7.84. The molecule has 2 atom stereocenters. The maximum atomic E-state index is 13.7. The minimum absolute atomic E-state index is 0.0286. The average Bonchev–Trinajstić information content (AvgIpc) is 2.43. The summed E-state index contributed by atoms with van der Waals surface area (Å²) >= 11 is 0. The molecule has 7 nitrogen and oxygen atoms in total. The number of hydrogen-bond acceptors (Lipinski definition) is 6. The van der Waals surface area contributed by atoms with Crippen LogP contribution in [0.5, 0.6) is 0 Å². The van der Waals surface area contributed by atoms with Crippen molar-refractivity contribution in [1.29, 1.82) is 0 Å². The van der Waals surface area contributed by atoms with Crippen LogP contribution in [0.2, 0.25) is 0 Å². The topological polar surface area (TPSA) is 98.5 Å². The second-order valence-corrected chi connectivity index (χ2v) is 6.09. The lowest BCUT2D eigenvalue weighted by atomic mass is 10.1. The monoisotopic (exact) mass is 318 g/mol. The minimum Gasteiger partial charge on any atom is -0.465 e. The molecule has 1 N–H and O–H groups in total. The molecule has 9 heteroatoms. The Morgan fingerprint density at radius 2 is 2.19 bits per heavy atom. The highest BCUT2D eigenvalue weighted by atomic mass is 32.2. The second-order valence-electron chi connectivity index (χ2n) is 4.29. The smallest absolute Gasteiger partial charge is 0.340 e. The van der Waals surface area contributed by atoms with E-state index in [-0.39, 0.29) is 17.5 Å². The average molecular weight is 318 g/mol. The van der Waals surface area contributed by atoms with Gasteiger partial charge in [0.15, 0.2) is 0 Å². The molecule has 21 heavy (non-hydrogen) atoms. The molecule has 0 aliphatic carbocycles. The molecule has 1 rings (SSSR count). The molecule has 0 spiro atoms. The molecule has 0 radical (unpaired) electrons. The van der Waals surface area contributed by atoms with Gasteiger partial charge in [0.05, 0.1) is 23.7 Å². The van der Waals surface area contributed by atoms with Crippen molar-refractivity contribution in [2.24, 2.45) is 0 Å². The van der Waals surface area contributed by atoms with Crippen LogP contribution < -0.4 is 5.32 Å². The third-order valence-electron chi connectivity index (χ3n) is 2.83. The molecule has 1 aromatic rings. The number of hydrogen-bond donors (Lipinski definition) is 1. The third-order valence-corrected chi connectivity index (χ3v) is 4.13. The van der Waals surface area contributed by atoms with Crippen molar-refractivity contribution in [3.05, 3.63) is 33.6 Å². The number of esters is 1. The van der Waals surface area contributed by atoms with Gasteiger partial charge in [0.25, 0.3) is 5.69 Å². The fourth-order valence-electron chi connectivity index (χ4n) is 1.49. The highest BCUT2D eigenvalue weighted by Gasteiger charge is 2.22. The summed E-state index contributed by atoms with van der Waals surface area (Å²) in [6.45, 7) is 1.87. The van der Waals surface area contributed by atoms with Gasteiger partial charge in [-0.1, -0.05) is 0 Å². The van der Waals surface area contributed by atoms with Crippen LogP contribution in [0.15, 0.2) is 12.1 Å². The lowest BCUT2D eigenvalue weighted by Gasteiger charge is -2.12. The maximum Gasteiger partial charge on any atom is 0.340 e. The van der Waals surface area contributed by atoms with E-state index in [1.807, 2.05) is 0 Å². The van der Waals surface area contributed by atoms with Gasteiger partial charge in [0.1, 0.15) is 11.5 Å². The molecule has 2 unspecified atom stereocenters. The summed E-state index contributed by atoms with van der Waals surface area (Å²) < 4.78 is 29.3. The van der Waals surface area contributed by atoms with Crippen LogP contribution in [-0.4, -0.2) is 40.3 Å². The van der Waals surface area contributed by atoms with Crippen LogP contribution in [0.25, 0.3) is 0 Å². The molecule has 0 amide bonds. The zero-order valence-corrected chi connectivity index (χ0v) is 12.5. The second kappa shape index (κ2) is 7.11. The highest BCUT2D eigenvalue weighted by Crippen LogP contribution is 2.28. The van der Waals surface area contributed by atoms with Crippen LogP contribution in [0.1, 0.15) is 17.3 Å². The number of carbonyl (C=O) groups is 1. The number of methoxy groups -OCH3 is 1. The SMILES string of the molecule is COC(=O)c1cc(NCC(C)S(C)=O)c([N+](=O)[O-])cc1F. The minimum atomic E-state index is -1.12. The summed E-state index contributed by atoms with van der Waals surface area (Å²) in [5.74, 6) is -1.97. The molecule has 0 aliphatic heterocycles. The molecule has 1 aromatic carbocycles. The number of nitro benzene ring substituents is 1. The summed E-state index contributed by atoms with van der Waals surface area (Å²) in [6.07, 6.45) is 1.51. The van der Waals surface area contributed by atoms with Gasteiger partial charge in [0.2, 0.25) is 0 Å². The van der Waals surface area contributed by atoms with E-state index >= 15 is 0 Å². The lowest BCUT2D eigenvalue weighted by Crippen LogP contribution is -2.21. The van der Waals surface area contributed by atoms with Crippen LogP contribution in [0.3, 0.4) is 0 Å². The Balaban J connectivity index is 3.17. The van der Waals surface area contributed by atoms with E-state index < -0.39 is 38.8 Å². The molecule has 116 valence electrons.